The second-order valence-corrected chi connectivity index (χ2v) is 5.95. The summed E-state index contributed by atoms with van der Waals surface area (Å²) in [5.41, 5.74) is 0. The van der Waals surface area contributed by atoms with Crippen LogP contribution in [0.1, 0.15) is 33.6 Å². The molecule has 0 aromatic rings. The van der Waals surface area contributed by atoms with Crippen molar-refractivity contribution in [2.24, 2.45) is 11.8 Å². The Morgan fingerprint density at radius 1 is 1.31 bits per heavy atom. The number of nitrogens with one attached hydrogen (secondary N) is 1. The third-order valence-electron chi connectivity index (χ3n) is 2.73. The van der Waals surface area contributed by atoms with Crippen molar-refractivity contribution in [3.8, 4) is 0 Å². The molecule has 0 aliphatic heterocycles. The van der Waals surface area contributed by atoms with Crippen molar-refractivity contribution in [1.29, 1.82) is 0 Å². The monoisotopic (exact) mass is 201 g/mol. The van der Waals surface area contributed by atoms with Crippen molar-refractivity contribution < 1.29 is 0 Å². The van der Waals surface area contributed by atoms with Crippen molar-refractivity contribution in [3.63, 3.8) is 0 Å². The molecule has 1 aliphatic rings. The summed E-state index contributed by atoms with van der Waals surface area (Å²) >= 11 is 2.09. The molecule has 0 heterocycles. The summed E-state index contributed by atoms with van der Waals surface area (Å²) in [6, 6.07) is 0. The van der Waals surface area contributed by atoms with Crippen LogP contribution in [0.25, 0.3) is 0 Å². The maximum atomic E-state index is 3.52. The van der Waals surface area contributed by atoms with Gasteiger partial charge in [-0.2, -0.15) is 11.8 Å². The van der Waals surface area contributed by atoms with Crippen LogP contribution in [-0.2, 0) is 0 Å². The molecule has 1 nitrogen and oxygen atoms in total. The predicted octanol–water partition coefficient (Wildman–Crippen LogP) is 2.76. The van der Waals surface area contributed by atoms with Crippen molar-refractivity contribution >= 4 is 11.8 Å². The van der Waals surface area contributed by atoms with Gasteiger partial charge in [-0.05, 0) is 31.2 Å². The van der Waals surface area contributed by atoms with Gasteiger partial charge in [0.15, 0.2) is 0 Å². The third-order valence-corrected chi connectivity index (χ3v) is 4.24. The molecule has 0 amide bonds. The van der Waals surface area contributed by atoms with Gasteiger partial charge >= 0.3 is 0 Å². The van der Waals surface area contributed by atoms with Gasteiger partial charge in [-0.25, -0.2) is 0 Å². The molecular formula is C11H23NS. The van der Waals surface area contributed by atoms with Gasteiger partial charge in [0.1, 0.15) is 0 Å². The predicted molar refractivity (Wildman–Crippen MR) is 62.4 cm³/mol. The summed E-state index contributed by atoms with van der Waals surface area (Å²) in [5.74, 6) is 3.10. The highest BCUT2D eigenvalue weighted by atomic mass is 32.2. The standard InChI is InChI=1S/C11H23NS/c1-9(2)10(3)13-7-6-12-8-11-4-5-11/h9-12H,4-8H2,1-3H3. The Hall–Kier alpha value is 0.310. The summed E-state index contributed by atoms with van der Waals surface area (Å²) < 4.78 is 0. The Balaban J connectivity index is 1.82. The van der Waals surface area contributed by atoms with E-state index in [-0.39, 0.29) is 0 Å². The summed E-state index contributed by atoms with van der Waals surface area (Å²) in [4.78, 5) is 0. The first-order valence-electron chi connectivity index (χ1n) is 5.52. The lowest BCUT2D eigenvalue weighted by atomic mass is 10.2. The van der Waals surface area contributed by atoms with E-state index in [1.54, 1.807) is 0 Å². The zero-order valence-electron chi connectivity index (χ0n) is 9.18. The molecule has 1 rings (SSSR count). The van der Waals surface area contributed by atoms with Gasteiger partial charge in [-0.3, -0.25) is 0 Å². The van der Waals surface area contributed by atoms with Gasteiger partial charge < -0.3 is 5.32 Å². The molecule has 0 spiro atoms. The van der Waals surface area contributed by atoms with Crippen LogP contribution in [-0.4, -0.2) is 24.1 Å². The fourth-order valence-corrected chi connectivity index (χ4v) is 2.16. The lowest BCUT2D eigenvalue weighted by Gasteiger charge is -2.14. The largest absolute Gasteiger partial charge is 0.316 e. The van der Waals surface area contributed by atoms with E-state index >= 15 is 0 Å². The van der Waals surface area contributed by atoms with Crippen LogP contribution >= 0.6 is 11.8 Å². The molecule has 2 heteroatoms. The lowest BCUT2D eigenvalue weighted by Crippen LogP contribution is -2.21. The van der Waals surface area contributed by atoms with Crippen LogP contribution < -0.4 is 5.32 Å². The summed E-state index contributed by atoms with van der Waals surface area (Å²) in [5, 5.41) is 4.33. The Bertz CT molecular complexity index is 132. The summed E-state index contributed by atoms with van der Waals surface area (Å²) in [6.07, 6.45) is 2.92. The second kappa shape index (κ2) is 5.92. The van der Waals surface area contributed by atoms with E-state index < -0.39 is 0 Å². The molecule has 1 aliphatic carbocycles. The Labute approximate surface area is 87.1 Å². The van der Waals surface area contributed by atoms with Gasteiger partial charge in [0, 0.05) is 17.5 Å². The highest BCUT2D eigenvalue weighted by molar-refractivity contribution is 7.99. The van der Waals surface area contributed by atoms with Gasteiger partial charge in [0.2, 0.25) is 0 Å². The van der Waals surface area contributed by atoms with Gasteiger partial charge in [0.05, 0.1) is 0 Å². The first kappa shape index (κ1) is 11.4. The van der Waals surface area contributed by atoms with Gasteiger partial charge in [0.25, 0.3) is 0 Å². The van der Waals surface area contributed by atoms with Crippen molar-refractivity contribution in [1.82, 2.24) is 5.32 Å². The number of hydrogen-bond donors (Lipinski definition) is 1. The molecule has 1 unspecified atom stereocenters. The molecule has 1 fully saturated rings. The fourth-order valence-electron chi connectivity index (χ4n) is 1.14. The molecule has 0 radical (unpaired) electrons. The fraction of sp³-hybridized carbons (Fsp3) is 1.00. The zero-order chi connectivity index (χ0) is 9.68. The molecular weight excluding hydrogens is 178 g/mol. The Morgan fingerprint density at radius 2 is 2.00 bits per heavy atom. The van der Waals surface area contributed by atoms with Crippen molar-refractivity contribution in [2.75, 3.05) is 18.8 Å². The summed E-state index contributed by atoms with van der Waals surface area (Å²) in [7, 11) is 0. The van der Waals surface area contributed by atoms with E-state index in [4.69, 9.17) is 0 Å². The van der Waals surface area contributed by atoms with Crippen molar-refractivity contribution in [2.45, 2.75) is 38.9 Å². The molecule has 78 valence electrons. The second-order valence-electron chi connectivity index (χ2n) is 4.47. The molecule has 0 aromatic carbocycles. The molecule has 0 bridgehead atoms. The quantitative estimate of drug-likeness (QED) is 0.636. The lowest BCUT2D eigenvalue weighted by molar-refractivity contribution is 0.637. The van der Waals surface area contributed by atoms with Crippen LogP contribution in [0.5, 0.6) is 0 Å². The van der Waals surface area contributed by atoms with Gasteiger partial charge in [-0.15, -0.1) is 0 Å². The van der Waals surface area contributed by atoms with Crippen LogP contribution in [0.2, 0.25) is 0 Å². The third kappa shape index (κ3) is 5.58. The van der Waals surface area contributed by atoms with E-state index in [2.05, 4.69) is 37.8 Å². The first-order valence-corrected chi connectivity index (χ1v) is 6.57. The molecule has 13 heavy (non-hydrogen) atoms. The van der Waals surface area contributed by atoms with E-state index in [0.717, 1.165) is 17.1 Å². The van der Waals surface area contributed by atoms with E-state index in [9.17, 15) is 0 Å². The van der Waals surface area contributed by atoms with Crippen LogP contribution in [0.15, 0.2) is 0 Å². The average molecular weight is 201 g/mol. The minimum Gasteiger partial charge on any atom is -0.316 e. The number of hydrogen-bond acceptors (Lipinski definition) is 2. The minimum atomic E-state index is 0.808. The topological polar surface area (TPSA) is 12.0 Å². The van der Waals surface area contributed by atoms with Crippen LogP contribution in [0, 0.1) is 11.8 Å². The van der Waals surface area contributed by atoms with Crippen LogP contribution in [0.4, 0.5) is 0 Å². The molecule has 1 N–H and O–H groups in total. The zero-order valence-corrected chi connectivity index (χ0v) is 9.99. The van der Waals surface area contributed by atoms with Crippen molar-refractivity contribution in [3.05, 3.63) is 0 Å². The number of thioether (sulfide) groups is 1. The highest BCUT2D eigenvalue weighted by Crippen LogP contribution is 2.27. The molecule has 0 saturated heterocycles. The van der Waals surface area contributed by atoms with Gasteiger partial charge in [-0.1, -0.05) is 20.8 Å². The van der Waals surface area contributed by atoms with Crippen LogP contribution in [0.3, 0.4) is 0 Å². The minimum absolute atomic E-state index is 0.808. The van der Waals surface area contributed by atoms with E-state index in [0.29, 0.717) is 0 Å². The molecule has 0 aromatic heterocycles. The Kier molecular flexibility index (Phi) is 5.18. The maximum absolute atomic E-state index is 3.52. The smallest absolute Gasteiger partial charge is 0.00608 e. The Morgan fingerprint density at radius 3 is 2.54 bits per heavy atom. The summed E-state index contributed by atoms with van der Waals surface area (Å²) in [6.45, 7) is 9.38. The normalized spacial score (nSPS) is 19.4. The molecule has 1 saturated carbocycles. The maximum Gasteiger partial charge on any atom is 0.00608 e. The van der Waals surface area contributed by atoms with E-state index in [1.807, 2.05) is 0 Å². The number of rotatable bonds is 7. The molecule has 1 atom stereocenters. The first-order chi connectivity index (χ1) is 6.20. The highest BCUT2D eigenvalue weighted by Gasteiger charge is 2.19. The SMILES string of the molecule is CC(C)C(C)SCCNCC1CC1. The average Bonchev–Trinajstić information content (AvgIpc) is 2.87. The van der Waals surface area contributed by atoms with E-state index in [1.165, 1.54) is 31.7 Å².